The van der Waals surface area contributed by atoms with Crippen molar-refractivity contribution < 1.29 is 36.2 Å². The number of hydrogen-bond donors (Lipinski definition) is 2. The maximum Gasteiger partial charge on any atom is 0.694 e. The lowest BCUT2D eigenvalue weighted by Crippen LogP contribution is -2.41. The zero-order valence-corrected chi connectivity index (χ0v) is 21.2. The van der Waals surface area contributed by atoms with E-state index in [0.29, 0.717) is 36.9 Å². The Hall–Kier alpha value is -3.37. The molecule has 0 spiro atoms. The van der Waals surface area contributed by atoms with Crippen molar-refractivity contribution in [2.24, 2.45) is 5.73 Å². The number of rotatable bonds is 8. The highest BCUT2D eigenvalue weighted by molar-refractivity contribution is 7.32. The second-order valence-electron chi connectivity index (χ2n) is 9.59. The topological polar surface area (TPSA) is 125 Å². The molecule has 38 heavy (non-hydrogen) atoms. The number of nitrogens with zero attached hydrogens (tertiary/aromatic N) is 2. The van der Waals surface area contributed by atoms with E-state index < -0.39 is 31.2 Å². The van der Waals surface area contributed by atoms with Crippen molar-refractivity contribution in [3.8, 4) is 34.0 Å². The molecule has 8 nitrogen and oxygen atoms in total. The van der Waals surface area contributed by atoms with Crippen molar-refractivity contribution in [2.75, 3.05) is 6.61 Å². The Morgan fingerprint density at radius 1 is 1.05 bits per heavy atom. The van der Waals surface area contributed by atoms with Gasteiger partial charge >= 0.3 is 14.4 Å². The highest BCUT2D eigenvalue weighted by Gasteiger charge is 2.43. The average molecular weight is 546 g/mol. The van der Waals surface area contributed by atoms with Crippen molar-refractivity contribution in [1.29, 1.82) is 0 Å². The predicted molar refractivity (Wildman–Crippen MR) is 132 cm³/mol. The van der Waals surface area contributed by atoms with Gasteiger partial charge in [0.25, 0.3) is 0 Å². The molecular weight excluding hydrogens is 522 g/mol. The van der Waals surface area contributed by atoms with Gasteiger partial charge in [0.15, 0.2) is 17.2 Å². The summed E-state index contributed by atoms with van der Waals surface area (Å²) in [6, 6.07) is 13.8. The molecule has 0 radical (unpaired) electrons. The summed E-state index contributed by atoms with van der Waals surface area (Å²) >= 11 is 0. The van der Waals surface area contributed by atoms with Gasteiger partial charge in [-0.25, -0.2) is 0 Å². The Balaban J connectivity index is 1.44. The van der Waals surface area contributed by atoms with Crippen molar-refractivity contribution >= 4 is 8.25 Å². The quantitative estimate of drug-likeness (QED) is 0.254. The number of fused-ring (bicyclic) bond motifs is 3. The van der Waals surface area contributed by atoms with Crippen LogP contribution in [0.25, 0.3) is 34.0 Å². The lowest BCUT2D eigenvalue weighted by molar-refractivity contribution is -0.136. The summed E-state index contributed by atoms with van der Waals surface area (Å²) in [5.41, 5.74) is 8.03. The zero-order chi connectivity index (χ0) is 27.1. The molecule has 2 atom stereocenters. The maximum absolute atomic E-state index is 14.2. The molecule has 4 aromatic rings. The molecule has 0 aliphatic heterocycles. The number of alkyl halides is 3. The number of aryl methyl sites for hydroxylation is 2. The molecule has 0 bridgehead atoms. The summed E-state index contributed by atoms with van der Waals surface area (Å²) in [5.74, 6) is -0.420. The number of benzene rings is 2. The molecule has 0 saturated carbocycles. The molecule has 0 amide bonds. The van der Waals surface area contributed by atoms with Crippen LogP contribution in [-0.2, 0) is 34.5 Å². The van der Waals surface area contributed by atoms with Crippen LogP contribution in [0.1, 0.15) is 35.6 Å². The van der Waals surface area contributed by atoms with Gasteiger partial charge in [-0.15, -0.1) is 9.42 Å². The van der Waals surface area contributed by atoms with Crippen molar-refractivity contribution in [3.05, 3.63) is 70.8 Å². The molecule has 5 rings (SSSR count). The van der Waals surface area contributed by atoms with E-state index in [0.717, 1.165) is 16.7 Å². The van der Waals surface area contributed by atoms with E-state index in [9.17, 15) is 17.7 Å². The SMILES string of the molecule is C[C@@](N)(CCc1ccc2c(c1)CCc1c-2noc1-c1noc(-c2ccccc2)c1C(F)(F)F)CO[P+](=O)O. The second-order valence-corrected chi connectivity index (χ2v) is 10.3. The first kappa shape index (κ1) is 26.2. The fourth-order valence-electron chi connectivity index (χ4n) is 4.64. The molecular formula is C26H24F3N3O5P+. The molecule has 2 aromatic heterocycles. The van der Waals surface area contributed by atoms with Crippen LogP contribution in [0.15, 0.2) is 57.6 Å². The van der Waals surface area contributed by atoms with Gasteiger partial charge in [-0.2, -0.15) is 13.2 Å². The monoisotopic (exact) mass is 546 g/mol. The van der Waals surface area contributed by atoms with Crippen LogP contribution in [0, 0.1) is 0 Å². The Morgan fingerprint density at radius 2 is 1.76 bits per heavy atom. The van der Waals surface area contributed by atoms with Gasteiger partial charge < -0.3 is 14.8 Å². The minimum Gasteiger partial charge on any atom is -0.355 e. The van der Waals surface area contributed by atoms with E-state index in [1.165, 1.54) is 12.1 Å². The van der Waals surface area contributed by atoms with Crippen molar-refractivity contribution in [2.45, 2.75) is 44.3 Å². The van der Waals surface area contributed by atoms with Gasteiger partial charge in [-0.05, 0) is 43.7 Å². The fourth-order valence-corrected chi connectivity index (χ4v) is 5.04. The van der Waals surface area contributed by atoms with Crippen LogP contribution in [0.2, 0.25) is 0 Å². The number of nitrogens with two attached hydrogens (primary N) is 1. The first-order valence-corrected chi connectivity index (χ1v) is 13.0. The van der Waals surface area contributed by atoms with E-state index in [-0.39, 0.29) is 23.7 Å². The van der Waals surface area contributed by atoms with Crippen LogP contribution in [0.3, 0.4) is 0 Å². The van der Waals surface area contributed by atoms with Gasteiger partial charge in [0.1, 0.15) is 17.9 Å². The Morgan fingerprint density at radius 3 is 2.47 bits per heavy atom. The number of hydrogen-bond acceptors (Lipinski definition) is 7. The third kappa shape index (κ3) is 5.28. The molecule has 3 N–H and O–H groups in total. The third-order valence-corrected chi connectivity index (χ3v) is 6.92. The van der Waals surface area contributed by atoms with Crippen molar-refractivity contribution in [1.82, 2.24) is 10.3 Å². The van der Waals surface area contributed by atoms with E-state index in [1.54, 1.807) is 25.1 Å². The largest absolute Gasteiger partial charge is 0.694 e. The average Bonchev–Trinajstić information content (AvgIpc) is 3.51. The molecule has 198 valence electrons. The molecule has 2 aromatic carbocycles. The van der Waals surface area contributed by atoms with Crippen molar-refractivity contribution in [3.63, 3.8) is 0 Å². The fraction of sp³-hybridized carbons (Fsp3) is 0.308. The van der Waals surface area contributed by atoms with E-state index in [4.69, 9.17) is 24.2 Å². The first-order valence-electron chi connectivity index (χ1n) is 11.8. The number of aromatic nitrogens is 2. The van der Waals surface area contributed by atoms with Crippen LogP contribution in [-0.4, -0.2) is 27.4 Å². The summed E-state index contributed by atoms with van der Waals surface area (Å²) in [4.78, 5) is 8.85. The molecule has 12 heteroatoms. The minimum absolute atomic E-state index is 0.0471. The summed E-state index contributed by atoms with van der Waals surface area (Å²) in [6.45, 7) is 1.69. The second kappa shape index (κ2) is 10.1. The van der Waals surface area contributed by atoms with Gasteiger partial charge in [-0.1, -0.05) is 58.8 Å². The molecule has 1 aliphatic carbocycles. The molecule has 1 unspecified atom stereocenters. The standard InChI is InChI=1S/C26H23F3N3O5P/c1-25(30,14-35-38(33)34)12-11-15-7-9-18-17(13-15)8-10-19-21(18)31-37-24(19)22-20(26(27,28)29)23(36-32-22)16-5-3-2-4-6-16/h2-7,9,13H,8,10-12,14,30H2,1H3/p+1/t25-/m1/s1. The maximum atomic E-state index is 14.2. The van der Waals surface area contributed by atoms with E-state index >= 15 is 0 Å². The lowest BCUT2D eigenvalue weighted by atomic mass is 9.86. The molecule has 0 saturated heterocycles. The van der Waals surface area contributed by atoms with Gasteiger partial charge in [0, 0.05) is 26.8 Å². The van der Waals surface area contributed by atoms with Gasteiger partial charge in [-0.3, -0.25) is 0 Å². The summed E-state index contributed by atoms with van der Waals surface area (Å²) in [7, 11) is -2.71. The smallest absolute Gasteiger partial charge is 0.355 e. The Kier molecular flexibility index (Phi) is 6.96. The van der Waals surface area contributed by atoms with Gasteiger partial charge in [0.2, 0.25) is 0 Å². The van der Waals surface area contributed by atoms with Gasteiger partial charge in [0.05, 0.1) is 0 Å². The highest BCUT2D eigenvalue weighted by atomic mass is 31.1. The highest BCUT2D eigenvalue weighted by Crippen LogP contribution is 2.46. The van der Waals surface area contributed by atoms with Crippen LogP contribution in [0.5, 0.6) is 0 Å². The molecule has 0 fully saturated rings. The van der Waals surface area contributed by atoms with Crippen LogP contribution < -0.4 is 5.73 Å². The summed E-state index contributed by atoms with van der Waals surface area (Å²) in [5, 5.41) is 7.89. The third-order valence-electron chi connectivity index (χ3n) is 6.57. The van der Waals surface area contributed by atoms with Crippen LogP contribution >= 0.6 is 8.25 Å². The predicted octanol–water partition coefficient (Wildman–Crippen LogP) is 6.10. The summed E-state index contributed by atoms with van der Waals surface area (Å²) < 4.78 is 68.7. The van der Waals surface area contributed by atoms with E-state index in [2.05, 4.69) is 10.3 Å². The normalized spacial score (nSPS) is 15.1. The Bertz CT molecular complexity index is 1480. The molecule has 2 heterocycles. The van der Waals surface area contributed by atoms with Crippen LogP contribution in [0.4, 0.5) is 13.2 Å². The molecule has 1 aliphatic rings. The first-order chi connectivity index (χ1) is 18.0. The summed E-state index contributed by atoms with van der Waals surface area (Å²) in [6.07, 6.45) is -2.61. The zero-order valence-electron chi connectivity index (χ0n) is 20.3. The lowest BCUT2D eigenvalue weighted by Gasteiger charge is -2.22. The Labute approximate surface area is 216 Å². The minimum atomic E-state index is -4.73. The van der Waals surface area contributed by atoms with E-state index in [1.807, 2.05) is 18.2 Å². The number of halogens is 3.